The third-order valence-electron chi connectivity index (χ3n) is 3.80. The van der Waals surface area contributed by atoms with Gasteiger partial charge in [0, 0.05) is 13.1 Å². The zero-order valence-electron chi connectivity index (χ0n) is 12.0. The highest BCUT2D eigenvalue weighted by Gasteiger charge is 2.22. The van der Waals surface area contributed by atoms with Crippen LogP contribution in [-0.4, -0.2) is 29.9 Å². The Balaban J connectivity index is 1.99. The van der Waals surface area contributed by atoms with E-state index < -0.39 is 0 Å². The van der Waals surface area contributed by atoms with Gasteiger partial charge in [-0.05, 0) is 36.6 Å². The predicted octanol–water partition coefficient (Wildman–Crippen LogP) is 3.64. The number of rotatable bonds is 2. The minimum atomic E-state index is -0.370. The SMILES string of the molecule is CC(=O)c1c(OC(=O)N2CCCC2)ccc2ccccc12. The van der Waals surface area contributed by atoms with Crippen LogP contribution in [0.4, 0.5) is 4.79 Å². The van der Waals surface area contributed by atoms with Crippen LogP contribution in [0.2, 0.25) is 0 Å². The average Bonchev–Trinajstić information content (AvgIpc) is 3.01. The summed E-state index contributed by atoms with van der Waals surface area (Å²) in [4.78, 5) is 25.8. The van der Waals surface area contributed by atoms with Crippen LogP contribution in [0.3, 0.4) is 0 Å². The number of amides is 1. The van der Waals surface area contributed by atoms with Crippen LogP contribution in [0, 0.1) is 0 Å². The van der Waals surface area contributed by atoms with Crippen molar-refractivity contribution in [2.75, 3.05) is 13.1 Å². The Bertz CT molecular complexity index is 702. The third-order valence-corrected chi connectivity index (χ3v) is 3.80. The van der Waals surface area contributed by atoms with Crippen molar-refractivity contribution in [3.63, 3.8) is 0 Å². The van der Waals surface area contributed by atoms with Gasteiger partial charge in [-0.2, -0.15) is 0 Å². The van der Waals surface area contributed by atoms with Crippen LogP contribution in [-0.2, 0) is 0 Å². The van der Waals surface area contributed by atoms with E-state index in [9.17, 15) is 9.59 Å². The van der Waals surface area contributed by atoms with E-state index in [0.717, 1.165) is 36.7 Å². The number of fused-ring (bicyclic) bond motifs is 1. The first-order valence-electron chi connectivity index (χ1n) is 7.16. The first kappa shape index (κ1) is 13.6. The molecule has 1 fully saturated rings. The number of carbonyl (C=O) groups is 2. The minimum absolute atomic E-state index is 0.101. The second-order valence-corrected chi connectivity index (χ2v) is 5.28. The summed E-state index contributed by atoms with van der Waals surface area (Å²) in [7, 11) is 0. The normalized spacial score (nSPS) is 14.4. The topological polar surface area (TPSA) is 46.6 Å². The fourth-order valence-corrected chi connectivity index (χ4v) is 2.76. The Morgan fingerprint density at radius 2 is 1.76 bits per heavy atom. The van der Waals surface area contributed by atoms with Crippen molar-refractivity contribution in [2.24, 2.45) is 0 Å². The molecular formula is C17H17NO3. The molecule has 1 heterocycles. The molecule has 2 aromatic rings. The molecule has 108 valence electrons. The second-order valence-electron chi connectivity index (χ2n) is 5.28. The molecule has 4 heteroatoms. The highest BCUT2D eigenvalue weighted by molar-refractivity contribution is 6.09. The lowest BCUT2D eigenvalue weighted by molar-refractivity contribution is 0.101. The summed E-state index contributed by atoms with van der Waals surface area (Å²) in [5, 5.41) is 1.78. The van der Waals surface area contributed by atoms with Crippen LogP contribution < -0.4 is 4.74 Å². The molecule has 1 aliphatic rings. The summed E-state index contributed by atoms with van der Waals surface area (Å²) in [6.07, 6.45) is 1.64. The molecule has 1 saturated heterocycles. The Labute approximate surface area is 123 Å². The number of nitrogens with zero attached hydrogens (tertiary/aromatic N) is 1. The van der Waals surface area contributed by atoms with Crippen molar-refractivity contribution >= 4 is 22.6 Å². The van der Waals surface area contributed by atoms with Gasteiger partial charge >= 0.3 is 6.09 Å². The Morgan fingerprint density at radius 1 is 1.05 bits per heavy atom. The second kappa shape index (κ2) is 5.56. The summed E-state index contributed by atoms with van der Waals surface area (Å²) in [5.41, 5.74) is 0.473. The maximum Gasteiger partial charge on any atom is 0.415 e. The van der Waals surface area contributed by atoms with Gasteiger partial charge in [0.2, 0.25) is 0 Å². The molecule has 0 saturated carbocycles. The monoisotopic (exact) mass is 283 g/mol. The zero-order valence-corrected chi connectivity index (χ0v) is 12.0. The van der Waals surface area contributed by atoms with Crippen LogP contribution in [0.5, 0.6) is 5.75 Å². The lowest BCUT2D eigenvalue weighted by atomic mass is 10.0. The number of carbonyl (C=O) groups excluding carboxylic acids is 2. The van der Waals surface area contributed by atoms with E-state index in [0.29, 0.717) is 11.3 Å². The smallest absolute Gasteiger partial charge is 0.409 e. The van der Waals surface area contributed by atoms with Gasteiger partial charge in [0.25, 0.3) is 0 Å². The molecule has 0 unspecified atom stereocenters. The van der Waals surface area contributed by atoms with E-state index in [1.807, 2.05) is 30.3 Å². The van der Waals surface area contributed by atoms with Crippen LogP contribution in [0.15, 0.2) is 36.4 Å². The summed E-state index contributed by atoms with van der Waals surface area (Å²) in [6.45, 7) is 2.94. The minimum Gasteiger partial charge on any atom is -0.409 e. The summed E-state index contributed by atoms with van der Waals surface area (Å²) in [6, 6.07) is 11.2. The van der Waals surface area contributed by atoms with Crippen molar-refractivity contribution in [1.82, 2.24) is 4.90 Å². The van der Waals surface area contributed by atoms with Gasteiger partial charge in [0.1, 0.15) is 5.75 Å². The lowest BCUT2D eigenvalue weighted by Gasteiger charge is -2.17. The van der Waals surface area contributed by atoms with Gasteiger partial charge in [-0.15, -0.1) is 0 Å². The van der Waals surface area contributed by atoms with Crippen molar-refractivity contribution in [1.29, 1.82) is 0 Å². The van der Waals surface area contributed by atoms with Gasteiger partial charge in [-0.25, -0.2) is 4.79 Å². The molecule has 0 atom stereocenters. The predicted molar refractivity (Wildman–Crippen MR) is 80.8 cm³/mol. The van der Waals surface area contributed by atoms with E-state index in [1.165, 1.54) is 6.92 Å². The number of benzene rings is 2. The maximum absolute atomic E-state index is 12.1. The molecule has 0 aliphatic carbocycles. The molecule has 0 spiro atoms. The zero-order chi connectivity index (χ0) is 14.8. The van der Waals surface area contributed by atoms with Crippen molar-refractivity contribution in [3.8, 4) is 5.75 Å². The Morgan fingerprint density at radius 3 is 2.48 bits per heavy atom. The van der Waals surface area contributed by atoms with Gasteiger partial charge < -0.3 is 9.64 Å². The number of hydrogen-bond acceptors (Lipinski definition) is 3. The molecule has 2 aromatic carbocycles. The van der Waals surface area contributed by atoms with Crippen molar-refractivity contribution < 1.29 is 14.3 Å². The molecule has 1 aliphatic heterocycles. The average molecular weight is 283 g/mol. The Kier molecular flexibility index (Phi) is 3.60. The molecular weight excluding hydrogens is 266 g/mol. The summed E-state index contributed by atoms with van der Waals surface area (Å²) in [5.74, 6) is 0.245. The fourth-order valence-electron chi connectivity index (χ4n) is 2.76. The summed E-state index contributed by atoms with van der Waals surface area (Å²) < 4.78 is 5.47. The standard InChI is InChI=1S/C17H17NO3/c1-12(19)16-14-7-3-2-6-13(14)8-9-15(16)21-17(20)18-10-4-5-11-18/h2-3,6-9H,4-5,10-11H2,1H3. The van der Waals surface area contributed by atoms with E-state index in [-0.39, 0.29) is 11.9 Å². The molecule has 0 N–H and O–H groups in total. The number of likely N-dealkylation sites (tertiary alicyclic amines) is 1. The first-order chi connectivity index (χ1) is 10.2. The molecule has 0 radical (unpaired) electrons. The first-order valence-corrected chi connectivity index (χ1v) is 7.16. The molecule has 0 aromatic heterocycles. The third kappa shape index (κ3) is 2.61. The number of hydrogen-bond donors (Lipinski definition) is 0. The van der Waals surface area contributed by atoms with Crippen LogP contribution >= 0.6 is 0 Å². The summed E-state index contributed by atoms with van der Waals surface area (Å²) >= 11 is 0. The van der Waals surface area contributed by atoms with Gasteiger partial charge in [-0.1, -0.05) is 30.3 Å². The van der Waals surface area contributed by atoms with Crippen LogP contribution in [0.25, 0.3) is 10.8 Å². The molecule has 21 heavy (non-hydrogen) atoms. The number of ether oxygens (including phenoxy) is 1. The molecule has 1 amide bonds. The number of ketones is 1. The lowest BCUT2D eigenvalue weighted by Crippen LogP contribution is -2.30. The van der Waals surface area contributed by atoms with E-state index >= 15 is 0 Å². The molecule has 3 rings (SSSR count). The van der Waals surface area contributed by atoms with Gasteiger partial charge in [0.05, 0.1) is 5.56 Å². The highest BCUT2D eigenvalue weighted by atomic mass is 16.6. The maximum atomic E-state index is 12.1. The van der Waals surface area contributed by atoms with E-state index in [2.05, 4.69) is 0 Å². The van der Waals surface area contributed by atoms with Crippen molar-refractivity contribution in [3.05, 3.63) is 42.0 Å². The molecule has 4 nitrogen and oxygen atoms in total. The highest BCUT2D eigenvalue weighted by Crippen LogP contribution is 2.29. The molecule has 0 bridgehead atoms. The van der Waals surface area contributed by atoms with Gasteiger partial charge in [-0.3, -0.25) is 4.79 Å². The Hall–Kier alpha value is -2.36. The van der Waals surface area contributed by atoms with Gasteiger partial charge in [0.15, 0.2) is 5.78 Å². The van der Waals surface area contributed by atoms with Crippen LogP contribution in [0.1, 0.15) is 30.1 Å². The van der Waals surface area contributed by atoms with Crippen molar-refractivity contribution in [2.45, 2.75) is 19.8 Å². The van der Waals surface area contributed by atoms with E-state index in [1.54, 1.807) is 11.0 Å². The number of Topliss-reactive ketones (excluding diaryl/α,β-unsaturated/α-hetero) is 1. The fraction of sp³-hybridized carbons (Fsp3) is 0.294. The quantitative estimate of drug-likeness (QED) is 0.790. The largest absolute Gasteiger partial charge is 0.415 e. The van der Waals surface area contributed by atoms with E-state index in [4.69, 9.17) is 4.74 Å².